The molecule has 0 aliphatic heterocycles. The summed E-state index contributed by atoms with van der Waals surface area (Å²) in [6.45, 7) is 5.37. The molecule has 162 valence electrons. The van der Waals surface area contributed by atoms with E-state index in [1.54, 1.807) is 13.0 Å². The SMILES string of the molecule is CC[C@@H](C(=O)Nc1cc(C)ccc1C)N(c1cc([N+](=O)[O-])ccc1OC)S(C)(=O)=O. The maximum Gasteiger partial charge on any atom is 0.271 e. The fourth-order valence-corrected chi connectivity index (χ4v) is 4.29. The van der Waals surface area contributed by atoms with Crippen LogP contribution in [0.2, 0.25) is 0 Å². The molecule has 1 N–H and O–H groups in total. The van der Waals surface area contributed by atoms with Gasteiger partial charge < -0.3 is 10.1 Å². The Morgan fingerprint density at radius 3 is 2.43 bits per heavy atom. The number of aryl methyl sites for hydroxylation is 2. The van der Waals surface area contributed by atoms with Gasteiger partial charge in [0.1, 0.15) is 17.5 Å². The number of carbonyl (C=O) groups is 1. The Morgan fingerprint density at radius 1 is 1.23 bits per heavy atom. The predicted molar refractivity (Wildman–Crippen MR) is 116 cm³/mol. The van der Waals surface area contributed by atoms with Gasteiger partial charge in [0, 0.05) is 17.8 Å². The Bertz CT molecular complexity index is 1070. The van der Waals surface area contributed by atoms with Crippen LogP contribution in [0.4, 0.5) is 17.1 Å². The van der Waals surface area contributed by atoms with Gasteiger partial charge in [-0.1, -0.05) is 19.1 Å². The quantitative estimate of drug-likeness (QED) is 0.501. The third kappa shape index (κ3) is 5.07. The van der Waals surface area contributed by atoms with Crippen molar-refractivity contribution in [3.05, 3.63) is 57.6 Å². The highest BCUT2D eigenvalue weighted by Crippen LogP contribution is 2.36. The number of non-ortho nitro benzene ring substituents is 1. The van der Waals surface area contributed by atoms with Crippen LogP contribution in [-0.2, 0) is 14.8 Å². The van der Waals surface area contributed by atoms with Crippen LogP contribution in [0, 0.1) is 24.0 Å². The molecule has 10 heteroatoms. The van der Waals surface area contributed by atoms with Crippen LogP contribution in [0.5, 0.6) is 5.75 Å². The van der Waals surface area contributed by atoms with Gasteiger partial charge in [-0.15, -0.1) is 0 Å². The molecule has 0 spiro atoms. The Hall–Kier alpha value is -3.14. The van der Waals surface area contributed by atoms with Gasteiger partial charge >= 0.3 is 0 Å². The van der Waals surface area contributed by atoms with Crippen molar-refractivity contribution in [2.24, 2.45) is 0 Å². The van der Waals surface area contributed by atoms with Crippen LogP contribution in [-0.4, -0.2) is 38.7 Å². The largest absolute Gasteiger partial charge is 0.495 e. The minimum absolute atomic E-state index is 0.0721. The molecule has 0 aliphatic carbocycles. The third-order valence-electron chi connectivity index (χ3n) is 4.59. The van der Waals surface area contributed by atoms with E-state index in [2.05, 4.69) is 5.32 Å². The first-order chi connectivity index (χ1) is 14.0. The second-order valence-corrected chi connectivity index (χ2v) is 8.76. The number of benzene rings is 2. The molecule has 0 radical (unpaired) electrons. The summed E-state index contributed by atoms with van der Waals surface area (Å²) in [5.74, 6) is -0.450. The van der Waals surface area contributed by atoms with Gasteiger partial charge in [0.05, 0.1) is 18.3 Å². The number of methoxy groups -OCH3 is 1. The summed E-state index contributed by atoms with van der Waals surface area (Å²) in [4.78, 5) is 23.7. The van der Waals surface area contributed by atoms with Crippen molar-refractivity contribution in [2.45, 2.75) is 33.2 Å². The van der Waals surface area contributed by atoms with Gasteiger partial charge in [-0.25, -0.2) is 8.42 Å². The van der Waals surface area contributed by atoms with Crippen molar-refractivity contribution in [2.75, 3.05) is 23.0 Å². The van der Waals surface area contributed by atoms with Crippen LogP contribution in [0.25, 0.3) is 0 Å². The lowest BCUT2D eigenvalue weighted by molar-refractivity contribution is -0.384. The molecule has 1 atom stereocenters. The lowest BCUT2D eigenvalue weighted by Gasteiger charge is -2.31. The topological polar surface area (TPSA) is 119 Å². The van der Waals surface area contributed by atoms with Crippen LogP contribution < -0.4 is 14.4 Å². The second-order valence-electron chi connectivity index (χ2n) is 6.90. The highest BCUT2D eigenvalue weighted by molar-refractivity contribution is 7.92. The number of sulfonamides is 1. The molecule has 1 amide bonds. The third-order valence-corrected chi connectivity index (χ3v) is 5.76. The van der Waals surface area contributed by atoms with E-state index in [0.717, 1.165) is 27.8 Å². The van der Waals surface area contributed by atoms with Gasteiger partial charge in [-0.2, -0.15) is 0 Å². The molecule has 0 aliphatic rings. The minimum atomic E-state index is -3.99. The van der Waals surface area contributed by atoms with Gasteiger partial charge in [0.15, 0.2) is 0 Å². The molecule has 0 fully saturated rings. The van der Waals surface area contributed by atoms with E-state index < -0.39 is 26.9 Å². The predicted octanol–water partition coefficient (Wildman–Crippen LogP) is 3.40. The van der Waals surface area contributed by atoms with Crippen molar-refractivity contribution < 1.29 is 22.9 Å². The van der Waals surface area contributed by atoms with E-state index in [4.69, 9.17) is 4.74 Å². The molecule has 2 aromatic rings. The number of nitrogens with one attached hydrogen (secondary N) is 1. The number of nitro groups is 1. The van der Waals surface area contributed by atoms with Gasteiger partial charge in [0.25, 0.3) is 5.69 Å². The zero-order valence-electron chi connectivity index (χ0n) is 17.5. The first-order valence-electron chi connectivity index (χ1n) is 9.19. The second kappa shape index (κ2) is 9.12. The van der Waals surface area contributed by atoms with Crippen LogP contribution in [0.1, 0.15) is 24.5 Å². The molecule has 0 unspecified atom stereocenters. The van der Waals surface area contributed by atoms with Gasteiger partial charge in [0.2, 0.25) is 15.9 Å². The number of ether oxygens (including phenoxy) is 1. The number of amides is 1. The standard InChI is InChI=1S/C20H25N3O6S/c1-6-17(20(24)21-16-11-13(2)7-8-14(16)3)22(30(5,27)28)18-12-15(23(25)26)9-10-19(18)29-4/h7-12,17H,6H2,1-5H3,(H,21,24)/t17-/m0/s1. The zero-order valence-corrected chi connectivity index (χ0v) is 18.3. The highest BCUT2D eigenvalue weighted by atomic mass is 32.2. The molecular weight excluding hydrogens is 410 g/mol. The first-order valence-corrected chi connectivity index (χ1v) is 11.0. The summed E-state index contributed by atoms with van der Waals surface area (Å²) < 4.78 is 31.5. The van der Waals surface area contributed by atoms with E-state index in [0.29, 0.717) is 5.69 Å². The maximum atomic E-state index is 13.1. The first kappa shape index (κ1) is 23.1. The zero-order chi connectivity index (χ0) is 22.6. The molecule has 9 nitrogen and oxygen atoms in total. The van der Waals surface area contributed by atoms with Crippen molar-refractivity contribution in [3.8, 4) is 5.75 Å². The normalized spacial score (nSPS) is 12.2. The average molecular weight is 436 g/mol. The van der Waals surface area contributed by atoms with E-state index >= 15 is 0 Å². The molecule has 2 rings (SSSR count). The number of nitrogens with zero attached hydrogens (tertiary/aromatic N) is 2. The van der Waals surface area contributed by atoms with E-state index in [1.807, 2.05) is 26.0 Å². The Morgan fingerprint density at radius 2 is 1.90 bits per heavy atom. The van der Waals surface area contributed by atoms with Crippen LogP contribution in [0.15, 0.2) is 36.4 Å². The highest BCUT2D eigenvalue weighted by Gasteiger charge is 2.34. The Labute approximate surface area is 175 Å². The summed E-state index contributed by atoms with van der Waals surface area (Å²) in [6, 6.07) is 8.01. The lowest BCUT2D eigenvalue weighted by atomic mass is 10.1. The summed E-state index contributed by atoms with van der Waals surface area (Å²) in [5.41, 5.74) is 1.94. The van der Waals surface area contributed by atoms with Crippen molar-refractivity contribution in [1.82, 2.24) is 0 Å². The summed E-state index contributed by atoms with van der Waals surface area (Å²) in [7, 11) is -2.67. The number of hydrogen-bond donors (Lipinski definition) is 1. The monoisotopic (exact) mass is 435 g/mol. The van der Waals surface area contributed by atoms with Crippen molar-refractivity contribution in [1.29, 1.82) is 0 Å². The van der Waals surface area contributed by atoms with E-state index in [-0.39, 0.29) is 23.5 Å². The fourth-order valence-electron chi connectivity index (χ4n) is 3.09. The lowest BCUT2D eigenvalue weighted by Crippen LogP contribution is -2.47. The number of nitro benzene ring substituents is 1. The van der Waals surface area contributed by atoms with Crippen molar-refractivity contribution >= 4 is 33.0 Å². The Kier molecular flexibility index (Phi) is 7.04. The fraction of sp³-hybridized carbons (Fsp3) is 0.350. The molecule has 30 heavy (non-hydrogen) atoms. The number of rotatable bonds is 8. The summed E-state index contributed by atoms with van der Waals surface area (Å²) in [5, 5.41) is 14.0. The summed E-state index contributed by atoms with van der Waals surface area (Å²) in [6.07, 6.45) is 1.08. The molecule has 0 aromatic heterocycles. The molecule has 0 saturated carbocycles. The van der Waals surface area contributed by atoms with Crippen molar-refractivity contribution in [3.63, 3.8) is 0 Å². The Balaban J connectivity index is 2.57. The number of carbonyl (C=O) groups excluding carboxylic acids is 1. The molecular formula is C20H25N3O6S. The molecule has 0 bridgehead atoms. The minimum Gasteiger partial charge on any atom is -0.495 e. The maximum absolute atomic E-state index is 13.1. The molecule has 0 heterocycles. The van der Waals surface area contributed by atoms with Gasteiger partial charge in [-0.05, 0) is 43.5 Å². The van der Waals surface area contributed by atoms with Crippen LogP contribution in [0.3, 0.4) is 0 Å². The van der Waals surface area contributed by atoms with E-state index in [1.165, 1.54) is 19.2 Å². The summed E-state index contributed by atoms with van der Waals surface area (Å²) >= 11 is 0. The van der Waals surface area contributed by atoms with Crippen LogP contribution >= 0.6 is 0 Å². The smallest absolute Gasteiger partial charge is 0.271 e. The molecule has 2 aromatic carbocycles. The average Bonchev–Trinajstić information content (AvgIpc) is 2.67. The van der Waals surface area contributed by atoms with Gasteiger partial charge in [-0.3, -0.25) is 19.2 Å². The number of hydrogen-bond acceptors (Lipinski definition) is 6. The van der Waals surface area contributed by atoms with E-state index in [9.17, 15) is 23.3 Å². The molecule has 0 saturated heterocycles. The number of anilines is 2.